The smallest absolute Gasteiger partial charge is 0.266 e. The van der Waals surface area contributed by atoms with E-state index in [9.17, 15) is 26.3 Å². The van der Waals surface area contributed by atoms with E-state index in [4.69, 9.17) is 34.8 Å². The summed E-state index contributed by atoms with van der Waals surface area (Å²) in [5, 5.41) is 4.22. The molecule has 2 rings (SSSR count). The second-order valence-electron chi connectivity index (χ2n) is 3.90. The first-order valence-corrected chi connectivity index (χ1v) is 6.31. The summed E-state index contributed by atoms with van der Waals surface area (Å²) in [4.78, 5) is 0. The maximum atomic E-state index is 12.9. The van der Waals surface area contributed by atoms with Crippen LogP contribution in [0.2, 0.25) is 15.1 Å². The average molecular weight is 384 g/mol. The minimum Gasteiger partial charge on any atom is -0.266 e. The molecular formula is C10H2Cl3F6N3. The van der Waals surface area contributed by atoms with Crippen LogP contribution < -0.4 is 0 Å². The summed E-state index contributed by atoms with van der Waals surface area (Å²) in [6.45, 7) is 0. The van der Waals surface area contributed by atoms with Crippen molar-refractivity contribution in [1.82, 2.24) is 14.8 Å². The topological polar surface area (TPSA) is 30.7 Å². The molecule has 22 heavy (non-hydrogen) atoms. The standard InChI is InChI=1S/C10H2Cl3F6N3/c11-3-1-5(13)6(2-4(3)12)22-7(9(14,15)16)20-21-8(22)10(17,18)19/h1-2H. The lowest BCUT2D eigenvalue weighted by atomic mass is 10.3. The first-order chi connectivity index (χ1) is 9.93. The fourth-order valence-electron chi connectivity index (χ4n) is 1.56. The Morgan fingerprint density at radius 3 is 1.55 bits per heavy atom. The van der Waals surface area contributed by atoms with Gasteiger partial charge in [0.2, 0.25) is 11.6 Å². The van der Waals surface area contributed by atoms with Gasteiger partial charge in [0, 0.05) is 0 Å². The number of aromatic nitrogens is 3. The number of hydrogen-bond acceptors (Lipinski definition) is 2. The summed E-state index contributed by atoms with van der Waals surface area (Å²) in [5.74, 6) is -3.78. The van der Waals surface area contributed by atoms with Crippen LogP contribution in [0.1, 0.15) is 11.6 Å². The molecule has 2 aromatic rings. The Bertz CT molecular complexity index is 690. The molecule has 0 saturated heterocycles. The van der Waals surface area contributed by atoms with E-state index in [1.165, 1.54) is 0 Å². The van der Waals surface area contributed by atoms with Crippen molar-refractivity contribution in [3.8, 4) is 5.69 Å². The zero-order valence-electron chi connectivity index (χ0n) is 9.90. The van der Waals surface area contributed by atoms with Crippen molar-refractivity contribution >= 4 is 34.8 Å². The van der Waals surface area contributed by atoms with Gasteiger partial charge in [0.15, 0.2) is 0 Å². The molecule has 0 fully saturated rings. The van der Waals surface area contributed by atoms with E-state index in [1.807, 2.05) is 0 Å². The zero-order chi connectivity index (χ0) is 16.9. The minimum atomic E-state index is -5.19. The summed E-state index contributed by atoms with van der Waals surface area (Å²) in [7, 11) is 0. The molecular weight excluding hydrogens is 382 g/mol. The minimum absolute atomic E-state index is 0.134. The van der Waals surface area contributed by atoms with Gasteiger partial charge < -0.3 is 0 Å². The Labute approximate surface area is 133 Å². The lowest BCUT2D eigenvalue weighted by Crippen LogP contribution is -2.19. The first-order valence-electron chi connectivity index (χ1n) is 5.17. The highest BCUT2D eigenvalue weighted by atomic mass is 35.5. The van der Waals surface area contributed by atoms with Crippen molar-refractivity contribution in [2.24, 2.45) is 0 Å². The molecule has 0 saturated carbocycles. The van der Waals surface area contributed by atoms with Crippen molar-refractivity contribution in [3.63, 3.8) is 0 Å². The van der Waals surface area contributed by atoms with Crippen LogP contribution in [0, 0.1) is 0 Å². The first kappa shape index (κ1) is 17.2. The van der Waals surface area contributed by atoms with Gasteiger partial charge in [0.1, 0.15) is 0 Å². The maximum Gasteiger partial charge on any atom is 0.452 e. The highest BCUT2D eigenvalue weighted by Gasteiger charge is 2.46. The number of halogens is 9. The monoisotopic (exact) mass is 383 g/mol. The van der Waals surface area contributed by atoms with E-state index in [1.54, 1.807) is 0 Å². The Morgan fingerprint density at radius 2 is 1.14 bits per heavy atom. The fraction of sp³-hybridized carbons (Fsp3) is 0.200. The van der Waals surface area contributed by atoms with Gasteiger partial charge in [-0.1, -0.05) is 34.8 Å². The van der Waals surface area contributed by atoms with Crippen molar-refractivity contribution in [3.05, 3.63) is 38.8 Å². The Hall–Kier alpha value is -1.19. The van der Waals surface area contributed by atoms with Crippen LogP contribution in [0.3, 0.4) is 0 Å². The second-order valence-corrected chi connectivity index (χ2v) is 5.12. The van der Waals surface area contributed by atoms with Crippen LogP contribution in [0.15, 0.2) is 12.1 Å². The molecule has 0 amide bonds. The van der Waals surface area contributed by atoms with Gasteiger partial charge in [-0.15, -0.1) is 10.2 Å². The van der Waals surface area contributed by atoms with E-state index in [-0.39, 0.29) is 14.6 Å². The third-order valence-electron chi connectivity index (χ3n) is 2.40. The Balaban J connectivity index is 2.84. The van der Waals surface area contributed by atoms with Crippen LogP contribution in [-0.2, 0) is 12.4 Å². The average Bonchev–Trinajstić information content (AvgIpc) is 2.77. The van der Waals surface area contributed by atoms with Crippen LogP contribution in [0.25, 0.3) is 5.69 Å². The molecule has 0 aliphatic rings. The third-order valence-corrected chi connectivity index (χ3v) is 3.43. The molecule has 12 heteroatoms. The second kappa shape index (κ2) is 5.47. The van der Waals surface area contributed by atoms with Gasteiger partial charge in [-0.3, -0.25) is 4.57 Å². The van der Waals surface area contributed by atoms with Gasteiger partial charge in [0.05, 0.1) is 20.8 Å². The van der Waals surface area contributed by atoms with Gasteiger partial charge in [-0.2, -0.15) is 26.3 Å². The predicted octanol–water partition coefficient (Wildman–Crippen LogP) is 5.27. The van der Waals surface area contributed by atoms with Gasteiger partial charge in [-0.05, 0) is 12.1 Å². The third kappa shape index (κ3) is 3.11. The number of benzene rings is 1. The Morgan fingerprint density at radius 1 is 0.727 bits per heavy atom. The molecule has 1 heterocycles. The molecule has 3 nitrogen and oxygen atoms in total. The summed E-state index contributed by atoms with van der Waals surface area (Å²) >= 11 is 16.9. The SMILES string of the molecule is FC(F)(F)c1nnc(C(F)(F)F)n1-c1cc(Cl)c(Cl)cc1Cl. The van der Waals surface area contributed by atoms with Gasteiger partial charge in [-0.25, -0.2) is 0 Å². The van der Waals surface area contributed by atoms with E-state index in [2.05, 4.69) is 10.2 Å². The lowest BCUT2D eigenvalue weighted by molar-refractivity contribution is -0.152. The summed E-state index contributed by atoms with van der Waals surface area (Å²) in [6, 6.07) is 1.68. The molecule has 0 spiro atoms. The molecule has 0 bridgehead atoms. The van der Waals surface area contributed by atoms with Gasteiger partial charge >= 0.3 is 12.4 Å². The van der Waals surface area contributed by atoms with Gasteiger partial charge in [0.25, 0.3) is 0 Å². The number of rotatable bonds is 1. The molecule has 0 radical (unpaired) electrons. The van der Waals surface area contributed by atoms with Crippen LogP contribution in [0.4, 0.5) is 26.3 Å². The molecule has 0 N–H and O–H groups in total. The van der Waals surface area contributed by atoms with Crippen molar-refractivity contribution in [2.45, 2.75) is 12.4 Å². The molecule has 0 atom stereocenters. The fourth-order valence-corrected chi connectivity index (χ4v) is 2.19. The zero-order valence-corrected chi connectivity index (χ0v) is 12.2. The van der Waals surface area contributed by atoms with Crippen molar-refractivity contribution < 1.29 is 26.3 Å². The predicted molar refractivity (Wildman–Crippen MR) is 66.4 cm³/mol. The van der Waals surface area contributed by atoms with Crippen molar-refractivity contribution in [1.29, 1.82) is 0 Å². The van der Waals surface area contributed by atoms with Crippen LogP contribution in [0.5, 0.6) is 0 Å². The largest absolute Gasteiger partial charge is 0.452 e. The van der Waals surface area contributed by atoms with E-state index in [0.717, 1.165) is 12.1 Å². The number of hydrogen-bond donors (Lipinski definition) is 0. The molecule has 0 aliphatic carbocycles. The quantitative estimate of drug-likeness (QED) is 0.496. The molecule has 120 valence electrons. The van der Waals surface area contributed by atoms with E-state index < -0.39 is 34.7 Å². The molecule has 0 aliphatic heterocycles. The molecule has 1 aromatic carbocycles. The van der Waals surface area contributed by atoms with Crippen molar-refractivity contribution in [2.75, 3.05) is 0 Å². The number of alkyl halides is 6. The Kier molecular flexibility index (Phi) is 4.27. The molecule has 0 unspecified atom stereocenters. The summed E-state index contributed by atoms with van der Waals surface area (Å²) < 4.78 is 76.9. The normalized spacial score (nSPS) is 12.8. The summed E-state index contributed by atoms with van der Waals surface area (Å²) in [5.41, 5.74) is -0.694. The lowest BCUT2D eigenvalue weighted by Gasteiger charge is -2.15. The number of nitrogens with zero attached hydrogens (tertiary/aromatic N) is 3. The maximum absolute atomic E-state index is 12.9. The van der Waals surface area contributed by atoms with Crippen LogP contribution in [-0.4, -0.2) is 14.8 Å². The van der Waals surface area contributed by atoms with E-state index >= 15 is 0 Å². The molecule has 1 aromatic heterocycles. The highest BCUT2D eigenvalue weighted by Crippen LogP contribution is 2.39. The highest BCUT2D eigenvalue weighted by molar-refractivity contribution is 6.43. The summed E-state index contributed by atoms with van der Waals surface area (Å²) in [6.07, 6.45) is -10.4. The van der Waals surface area contributed by atoms with Crippen LogP contribution >= 0.6 is 34.8 Å². The van der Waals surface area contributed by atoms with E-state index in [0.29, 0.717) is 0 Å².